The number of amides is 1. The zero-order chi connectivity index (χ0) is 6.69. The maximum absolute atomic E-state index is 10.8. The van der Waals surface area contributed by atoms with Crippen molar-refractivity contribution in [3.05, 3.63) is 0 Å². The zero-order valence-corrected chi connectivity index (χ0v) is 8.34. The molecule has 1 heterocycles. The maximum Gasteiger partial charge on any atom is 1.00 e. The Morgan fingerprint density at radius 2 is 2.40 bits per heavy atom. The molecule has 1 rings (SSSR count). The Morgan fingerprint density at radius 1 is 1.70 bits per heavy atom. The van der Waals surface area contributed by atoms with Crippen molar-refractivity contribution in [2.24, 2.45) is 0 Å². The molecule has 1 saturated heterocycles. The van der Waals surface area contributed by atoms with Gasteiger partial charge in [0, 0.05) is 19.5 Å². The van der Waals surface area contributed by atoms with Gasteiger partial charge in [-0.2, -0.15) is 0 Å². The largest absolute Gasteiger partial charge is 1.00 e. The summed E-state index contributed by atoms with van der Waals surface area (Å²) in [4.78, 5) is 12.5. The molecule has 0 aliphatic carbocycles. The Kier molecular flexibility index (Phi) is 5.35. The third kappa shape index (κ3) is 2.58. The quantitative estimate of drug-likeness (QED) is 0.423. The first-order chi connectivity index (χ1) is 4.34. The van der Waals surface area contributed by atoms with E-state index in [4.69, 9.17) is 5.11 Å². The van der Waals surface area contributed by atoms with E-state index in [-0.39, 0.29) is 43.5 Å². The third-order valence-corrected chi connectivity index (χ3v) is 1.54. The molecule has 1 aliphatic heterocycles. The summed E-state index contributed by atoms with van der Waals surface area (Å²) in [5.41, 5.74) is 0. The van der Waals surface area contributed by atoms with Gasteiger partial charge in [0.25, 0.3) is 0 Å². The van der Waals surface area contributed by atoms with Gasteiger partial charge in [0.1, 0.15) is 0 Å². The van der Waals surface area contributed by atoms with Crippen molar-refractivity contribution >= 4 is 5.91 Å². The molecule has 0 atom stereocenters. The number of hydrogen-bond acceptors (Lipinski definition) is 2. The van der Waals surface area contributed by atoms with E-state index in [2.05, 4.69) is 0 Å². The Hall–Kier alpha value is 0.430. The van der Waals surface area contributed by atoms with Crippen molar-refractivity contribution in [2.75, 3.05) is 19.7 Å². The van der Waals surface area contributed by atoms with E-state index < -0.39 is 0 Å². The molecule has 1 aliphatic rings. The van der Waals surface area contributed by atoms with Crippen LogP contribution >= 0.6 is 0 Å². The van der Waals surface area contributed by atoms with Crippen LogP contribution in [0.1, 0.15) is 14.3 Å². The van der Waals surface area contributed by atoms with Crippen LogP contribution in [0.5, 0.6) is 0 Å². The first kappa shape index (κ1) is 10.4. The van der Waals surface area contributed by atoms with Gasteiger partial charge in [-0.25, -0.2) is 0 Å². The molecule has 54 valence electrons. The first-order valence-corrected chi connectivity index (χ1v) is 3.23. The number of nitrogens with zero attached hydrogens (tertiary/aromatic N) is 1. The molecule has 0 unspecified atom stereocenters. The van der Waals surface area contributed by atoms with E-state index in [0.717, 1.165) is 13.0 Å². The predicted octanol–water partition coefficient (Wildman–Crippen LogP) is -3.28. The fraction of sp³-hybridized carbons (Fsp3) is 0.833. The SMILES string of the molecule is O=C1CCCN1CCO.[H-].[Na+]. The normalized spacial score (nSPS) is 17.3. The van der Waals surface area contributed by atoms with Crippen LogP contribution in [-0.2, 0) is 4.79 Å². The molecule has 0 aromatic carbocycles. The number of carbonyl (C=O) groups excluding carboxylic acids is 1. The molecular formula is C6H12NNaO2. The van der Waals surface area contributed by atoms with E-state index in [1.54, 1.807) is 4.90 Å². The summed E-state index contributed by atoms with van der Waals surface area (Å²) >= 11 is 0. The van der Waals surface area contributed by atoms with Gasteiger partial charge in [0.15, 0.2) is 0 Å². The smallest absolute Gasteiger partial charge is 1.00 e. The molecule has 3 nitrogen and oxygen atoms in total. The van der Waals surface area contributed by atoms with Crippen molar-refractivity contribution < 1.29 is 40.9 Å². The molecule has 0 spiro atoms. The summed E-state index contributed by atoms with van der Waals surface area (Å²) in [6.07, 6.45) is 1.62. The Labute approximate surface area is 84.2 Å². The number of likely N-dealkylation sites (tertiary alicyclic amines) is 1. The second-order valence-corrected chi connectivity index (χ2v) is 2.21. The topological polar surface area (TPSA) is 40.5 Å². The average molecular weight is 153 g/mol. The molecule has 10 heavy (non-hydrogen) atoms. The van der Waals surface area contributed by atoms with Crippen LogP contribution in [0, 0.1) is 0 Å². The Morgan fingerprint density at radius 3 is 2.80 bits per heavy atom. The zero-order valence-electron chi connectivity index (χ0n) is 7.34. The summed E-state index contributed by atoms with van der Waals surface area (Å²) in [6, 6.07) is 0. The molecule has 0 aromatic rings. The number of carbonyl (C=O) groups is 1. The maximum atomic E-state index is 10.8. The molecule has 0 radical (unpaired) electrons. The van der Waals surface area contributed by atoms with Crippen LogP contribution in [-0.4, -0.2) is 35.6 Å². The molecule has 4 heteroatoms. The van der Waals surface area contributed by atoms with Gasteiger partial charge in [0.05, 0.1) is 6.61 Å². The summed E-state index contributed by atoms with van der Waals surface area (Å²) in [5, 5.41) is 8.45. The second-order valence-electron chi connectivity index (χ2n) is 2.21. The number of aliphatic hydroxyl groups excluding tert-OH is 1. The number of β-amino-alcohol motifs (C(OH)–C–C–N with tert-alkyl or cyclic N) is 1. The van der Waals surface area contributed by atoms with E-state index in [9.17, 15) is 4.79 Å². The van der Waals surface area contributed by atoms with Crippen molar-refractivity contribution in [2.45, 2.75) is 12.8 Å². The fourth-order valence-corrected chi connectivity index (χ4v) is 1.06. The van der Waals surface area contributed by atoms with Crippen molar-refractivity contribution in [1.82, 2.24) is 4.90 Å². The summed E-state index contributed by atoms with van der Waals surface area (Å²) in [7, 11) is 0. The molecule has 1 amide bonds. The minimum absolute atomic E-state index is 0. The molecular weight excluding hydrogens is 141 g/mol. The Balaban J connectivity index is 0. The molecule has 0 bridgehead atoms. The first-order valence-electron chi connectivity index (χ1n) is 3.23. The van der Waals surface area contributed by atoms with Gasteiger partial charge in [0.2, 0.25) is 5.91 Å². The number of hydrogen-bond donors (Lipinski definition) is 1. The summed E-state index contributed by atoms with van der Waals surface area (Å²) in [5.74, 6) is 0.184. The Bertz CT molecular complexity index is 123. The van der Waals surface area contributed by atoms with Gasteiger partial charge in [-0.15, -0.1) is 0 Å². The van der Waals surface area contributed by atoms with Crippen molar-refractivity contribution in [1.29, 1.82) is 0 Å². The number of aliphatic hydroxyl groups is 1. The van der Waals surface area contributed by atoms with Gasteiger partial charge >= 0.3 is 29.6 Å². The number of rotatable bonds is 2. The monoisotopic (exact) mass is 153 g/mol. The van der Waals surface area contributed by atoms with Gasteiger partial charge in [-0.3, -0.25) is 4.79 Å². The predicted molar refractivity (Wildman–Crippen MR) is 34.0 cm³/mol. The molecule has 1 fully saturated rings. The molecule has 0 saturated carbocycles. The van der Waals surface area contributed by atoms with Gasteiger partial charge < -0.3 is 11.4 Å². The van der Waals surface area contributed by atoms with E-state index in [1.807, 2.05) is 0 Å². The molecule has 1 N–H and O–H groups in total. The van der Waals surface area contributed by atoms with Crippen LogP contribution in [0.2, 0.25) is 0 Å². The van der Waals surface area contributed by atoms with Crippen LogP contribution < -0.4 is 29.6 Å². The van der Waals surface area contributed by atoms with Crippen molar-refractivity contribution in [3.63, 3.8) is 0 Å². The van der Waals surface area contributed by atoms with Crippen LogP contribution in [0.25, 0.3) is 0 Å². The van der Waals surface area contributed by atoms with E-state index in [1.165, 1.54) is 0 Å². The van der Waals surface area contributed by atoms with Crippen LogP contribution in [0.3, 0.4) is 0 Å². The second kappa shape index (κ2) is 5.13. The van der Waals surface area contributed by atoms with Crippen LogP contribution in [0.15, 0.2) is 0 Å². The van der Waals surface area contributed by atoms with Crippen molar-refractivity contribution in [3.8, 4) is 0 Å². The van der Waals surface area contributed by atoms with E-state index >= 15 is 0 Å². The van der Waals surface area contributed by atoms with Gasteiger partial charge in [-0.1, -0.05) is 0 Å². The average Bonchev–Trinajstić information content (AvgIpc) is 2.18. The third-order valence-electron chi connectivity index (χ3n) is 1.54. The van der Waals surface area contributed by atoms with Crippen LogP contribution in [0.4, 0.5) is 0 Å². The fourth-order valence-electron chi connectivity index (χ4n) is 1.06. The molecule has 0 aromatic heterocycles. The summed E-state index contributed by atoms with van der Waals surface area (Å²) in [6.45, 7) is 1.43. The van der Waals surface area contributed by atoms with Gasteiger partial charge in [-0.05, 0) is 6.42 Å². The van der Waals surface area contributed by atoms with E-state index in [0.29, 0.717) is 13.0 Å². The summed E-state index contributed by atoms with van der Waals surface area (Å²) < 4.78 is 0. The standard InChI is InChI=1S/C6H11NO2.Na.H/c8-5-4-7-3-1-2-6(7)9;;/h8H,1-5H2;;/q;+1;-1. The minimum atomic E-state index is 0. The minimum Gasteiger partial charge on any atom is -1.00 e.